The summed E-state index contributed by atoms with van der Waals surface area (Å²) in [7, 11) is 0. The highest BCUT2D eigenvalue weighted by atomic mass is 16.6. The fourth-order valence-electron chi connectivity index (χ4n) is 10.9. The molecule has 66 heavy (non-hydrogen) atoms. The molecule has 7 heteroatoms. The Morgan fingerprint density at radius 1 is 0.515 bits per heavy atom. The van der Waals surface area contributed by atoms with Gasteiger partial charge in [0.25, 0.3) is 0 Å². The molecule has 0 aromatic heterocycles. The second-order valence-corrected chi connectivity index (χ2v) is 20.2. The van der Waals surface area contributed by atoms with Gasteiger partial charge < -0.3 is 33.5 Å². The van der Waals surface area contributed by atoms with Crippen LogP contribution in [0.3, 0.4) is 0 Å². The van der Waals surface area contributed by atoms with E-state index in [1.54, 1.807) is 0 Å². The molecule has 6 aromatic rings. The first kappa shape index (κ1) is 44.6. The minimum atomic E-state index is -0.816. The number of hydrogen-bond donors (Lipinski definition) is 1. The van der Waals surface area contributed by atoms with Gasteiger partial charge in [-0.2, -0.15) is 0 Å². The van der Waals surface area contributed by atoms with E-state index in [9.17, 15) is 5.11 Å². The average molecular weight is 885 g/mol. The second-order valence-electron chi connectivity index (χ2n) is 20.2. The Labute approximate surface area is 391 Å². The summed E-state index contributed by atoms with van der Waals surface area (Å²) in [6.07, 6.45) is 1.56. The maximum absolute atomic E-state index is 11.2. The topological polar surface area (TPSA) is 82.2 Å². The Balaban J connectivity index is 0.807. The highest BCUT2D eigenvalue weighted by Crippen LogP contribution is 2.55. The fourth-order valence-corrected chi connectivity index (χ4v) is 10.9. The Kier molecular flexibility index (Phi) is 12.0. The normalized spacial score (nSPS) is 24.7. The number of epoxide rings is 2. The molecule has 2 aliphatic carbocycles. The molecule has 2 fully saturated rings. The third kappa shape index (κ3) is 8.61. The molecule has 2 heterocycles. The van der Waals surface area contributed by atoms with Crippen LogP contribution >= 0.6 is 0 Å². The van der Waals surface area contributed by atoms with E-state index in [1.807, 2.05) is 12.1 Å². The molecule has 4 aliphatic rings. The molecule has 6 aromatic carbocycles. The van der Waals surface area contributed by atoms with Gasteiger partial charge in [0.15, 0.2) is 0 Å². The van der Waals surface area contributed by atoms with Crippen molar-refractivity contribution in [2.45, 2.75) is 107 Å². The third-order valence-electron chi connectivity index (χ3n) is 14.9. The van der Waals surface area contributed by atoms with E-state index in [0.29, 0.717) is 30.8 Å². The first-order chi connectivity index (χ1) is 31.9. The molecule has 0 saturated carbocycles. The van der Waals surface area contributed by atoms with Gasteiger partial charge in [-0.15, -0.1) is 0 Å². The Morgan fingerprint density at radius 3 is 1.36 bits per heavy atom. The van der Waals surface area contributed by atoms with Gasteiger partial charge in [0.1, 0.15) is 43.0 Å². The summed E-state index contributed by atoms with van der Waals surface area (Å²) in [4.78, 5) is 0. The molecule has 2 saturated heterocycles. The second kappa shape index (κ2) is 17.7. The number of fused-ring (bicyclic) bond motifs is 2. The minimum absolute atomic E-state index is 0.115. The van der Waals surface area contributed by atoms with Crippen molar-refractivity contribution in [1.82, 2.24) is 0 Å². The molecular weight excluding hydrogens is 821 g/mol. The van der Waals surface area contributed by atoms with Crippen LogP contribution in [-0.2, 0) is 41.0 Å². The number of rotatable bonds is 18. The number of hydrogen-bond acceptors (Lipinski definition) is 7. The van der Waals surface area contributed by atoms with E-state index >= 15 is 0 Å². The number of aliphatic hydroxyl groups excluding tert-OH is 1. The molecule has 0 spiro atoms. The number of ether oxygens (including phenoxy) is 6. The maximum atomic E-state index is 11.2. The quantitative estimate of drug-likeness (QED) is 0.0861. The van der Waals surface area contributed by atoms with Crippen molar-refractivity contribution in [2.75, 3.05) is 39.6 Å². The van der Waals surface area contributed by atoms with Gasteiger partial charge in [0.2, 0.25) is 0 Å². The first-order valence-corrected chi connectivity index (χ1v) is 23.9. The van der Waals surface area contributed by atoms with Crippen molar-refractivity contribution >= 4 is 0 Å². The van der Waals surface area contributed by atoms with Crippen molar-refractivity contribution < 1.29 is 33.5 Å². The van der Waals surface area contributed by atoms with Crippen LogP contribution in [0.2, 0.25) is 0 Å². The lowest BCUT2D eigenvalue weighted by molar-refractivity contribution is -0.0717. The third-order valence-corrected chi connectivity index (χ3v) is 14.9. The van der Waals surface area contributed by atoms with Crippen molar-refractivity contribution in [3.05, 3.63) is 201 Å². The number of benzene rings is 6. The zero-order valence-corrected chi connectivity index (χ0v) is 39.3. The van der Waals surface area contributed by atoms with E-state index < -0.39 is 17.3 Å². The molecule has 1 N–H and O–H groups in total. The van der Waals surface area contributed by atoms with Crippen LogP contribution in [0.15, 0.2) is 146 Å². The lowest BCUT2D eigenvalue weighted by Crippen LogP contribution is -2.31. The van der Waals surface area contributed by atoms with E-state index in [-0.39, 0.29) is 36.3 Å². The van der Waals surface area contributed by atoms with Crippen LogP contribution in [-0.4, -0.2) is 63.1 Å². The van der Waals surface area contributed by atoms with Gasteiger partial charge in [-0.1, -0.05) is 135 Å². The summed E-state index contributed by atoms with van der Waals surface area (Å²) >= 11 is 0. The van der Waals surface area contributed by atoms with Gasteiger partial charge in [0.05, 0.1) is 37.6 Å². The van der Waals surface area contributed by atoms with Crippen molar-refractivity contribution in [2.24, 2.45) is 0 Å². The van der Waals surface area contributed by atoms with E-state index in [0.717, 1.165) is 42.9 Å². The molecule has 342 valence electrons. The maximum Gasteiger partial charge on any atom is 0.119 e. The SMILES string of the molecule is CC1CC(c2ccc(OCC3CO3)cc2)(c2ccc(C(C)(C)OCC(O)COc3ccc(C4(c5ccc(C(C)(C)OCC6CO6)cc5)CC(C)c5ccccc54)cc3)cc2)c2ccccc21. The zero-order valence-electron chi connectivity index (χ0n) is 39.3. The van der Waals surface area contributed by atoms with Crippen LogP contribution in [0.1, 0.15) is 122 Å². The Bertz CT molecular complexity index is 2610. The monoisotopic (exact) mass is 884 g/mol. The van der Waals surface area contributed by atoms with Crippen molar-refractivity contribution in [1.29, 1.82) is 0 Å². The summed E-state index contributed by atoms with van der Waals surface area (Å²) in [6, 6.07) is 52.8. The summed E-state index contributed by atoms with van der Waals surface area (Å²) < 4.78 is 35.7. The van der Waals surface area contributed by atoms with E-state index in [4.69, 9.17) is 28.4 Å². The van der Waals surface area contributed by atoms with Crippen LogP contribution in [0, 0.1) is 0 Å². The average Bonchev–Trinajstić information content (AvgIpc) is 4.30. The van der Waals surface area contributed by atoms with Crippen LogP contribution < -0.4 is 9.47 Å². The van der Waals surface area contributed by atoms with E-state index in [1.165, 1.54) is 44.5 Å². The standard InChI is InChI=1S/C59H64O7/c1-39-31-58(54-13-9-7-11-52(39)54,44-21-17-42(18-22-44)57(5,6)66-38-51-37-64-51)45-23-27-48(28-24-45)61-33-47(60)34-65-56(3,4)41-15-19-43(20-16-41)59(32-40(2)53-12-8-10-14-55(53)59)46-25-29-49(30-26-46)62-35-50-36-63-50/h7-30,39-40,47,50-51,60H,31-38H2,1-6H3. The molecule has 0 amide bonds. The molecule has 0 bridgehead atoms. The lowest BCUT2D eigenvalue weighted by atomic mass is 9.69. The summed E-state index contributed by atoms with van der Waals surface area (Å²) in [6.45, 7) is 16.1. The van der Waals surface area contributed by atoms with Gasteiger partial charge in [-0.05, 0) is 132 Å². The molecular formula is C59H64O7. The van der Waals surface area contributed by atoms with Gasteiger partial charge in [-0.25, -0.2) is 0 Å². The van der Waals surface area contributed by atoms with Gasteiger partial charge >= 0.3 is 0 Å². The van der Waals surface area contributed by atoms with Crippen LogP contribution in [0.5, 0.6) is 11.5 Å². The highest BCUT2D eigenvalue weighted by Gasteiger charge is 2.46. The largest absolute Gasteiger partial charge is 0.491 e. The zero-order chi connectivity index (χ0) is 45.7. The molecule has 7 nitrogen and oxygen atoms in total. The molecule has 10 rings (SSSR count). The Morgan fingerprint density at radius 2 is 0.909 bits per heavy atom. The predicted octanol–water partition coefficient (Wildman–Crippen LogP) is 11.5. The van der Waals surface area contributed by atoms with Crippen molar-refractivity contribution in [3.8, 4) is 11.5 Å². The number of aliphatic hydroxyl groups is 1. The summed E-state index contributed by atoms with van der Waals surface area (Å²) in [5, 5.41) is 11.2. The van der Waals surface area contributed by atoms with Crippen LogP contribution in [0.25, 0.3) is 0 Å². The fraction of sp³-hybridized carbons (Fsp3) is 0.390. The highest BCUT2D eigenvalue weighted by molar-refractivity contribution is 5.60. The molecule has 7 atom stereocenters. The molecule has 0 radical (unpaired) electrons. The Hall–Kier alpha value is -5.28. The van der Waals surface area contributed by atoms with Crippen LogP contribution in [0.4, 0.5) is 0 Å². The van der Waals surface area contributed by atoms with Crippen molar-refractivity contribution in [3.63, 3.8) is 0 Å². The summed E-state index contributed by atoms with van der Waals surface area (Å²) in [5.41, 5.74) is 11.0. The van der Waals surface area contributed by atoms with Gasteiger partial charge in [-0.3, -0.25) is 0 Å². The predicted molar refractivity (Wildman–Crippen MR) is 259 cm³/mol. The smallest absolute Gasteiger partial charge is 0.119 e. The minimum Gasteiger partial charge on any atom is -0.491 e. The molecule has 2 aliphatic heterocycles. The first-order valence-electron chi connectivity index (χ1n) is 23.9. The van der Waals surface area contributed by atoms with E-state index in [2.05, 4.69) is 175 Å². The lowest BCUT2D eigenvalue weighted by Gasteiger charge is -2.34. The van der Waals surface area contributed by atoms with Gasteiger partial charge in [0, 0.05) is 10.8 Å². The summed E-state index contributed by atoms with van der Waals surface area (Å²) in [5.74, 6) is 2.38. The molecule has 7 unspecified atom stereocenters.